The molecular formula is C43H55FN2O4. The van der Waals surface area contributed by atoms with Crippen LogP contribution in [0.15, 0.2) is 84.9 Å². The van der Waals surface area contributed by atoms with E-state index in [1.807, 2.05) is 74.5 Å². The van der Waals surface area contributed by atoms with Crippen molar-refractivity contribution >= 4 is 17.6 Å². The molecule has 5 rings (SSSR count). The number of ether oxygens (including phenoxy) is 2. The monoisotopic (exact) mass is 682 g/mol. The van der Waals surface area contributed by atoms with Gasteiger partial charge in [0.2, 0.25) is 0 Å². The van der Waals surface area contributed by atoms with Gasteiger partial charge in [-0.3, -0.25) is 9.59 Å². The number of hydrogen-bond acceptors (Lipinski definition) is 4. The summed E-state index contributed by atoms with van der Waals surface area (Å²) in [5, 5.41) is 3.14. The third-order valence-corrected chi connectivity index (χ3v) is 9.04. The Morgan fingerprint density at radius 2 is 1.60 bits per heavy atom. The molecule has 1 aromatic heterocycles. The Bertz CT molecular complexity index is 1660. The highest BCUT2D eigenvalue weighted by Gasteiger charge is 2.37. The standard InChI is InChI=1S/C41H49FN2O4.C2H6/c1-6-7-24-47-35(45)26-29-25-34(48-41(4,5)27-29)22-23-44-38(28(2)3)37(40(46)43-33-16-12-9-13-17-33)36(30-14-10-8-11-15-30)39(44)31-18-20-32(42)21-19-31;1-2/h8-21,28-29,34H,6-7,22-27H2,1-5H3,(H,43,46);1-2H3. The van der Waals surface area contributed by atoms with Crippen LogP contribution < -0.4 is 5.32 Å². The summed E-state index contributed by atoms with van der Waals surface area (Å²) >= 11 is 0. The summed E-state index contributed by atoms with van der Waals surface area (Å²) in [6, 6.07) is 25.9. The topological polar surface area (TPSA) is 69.6 Å². The van der Waals surface area contributed by atoms with Crippen LogP contribution in [0.4, 0.5) is 10.1 Å². The fraction of sp³-hybridized carbons (Fsp3) is 0.442. The number of esters is 1. The number of benzene rings is 3. The highest BCUT2D eigenvalue weighted by molar-refractivity contribution is 6.12. The number of rotatable bonds is 13. The summed E-state index contributed by atoms with van der Waals surface area (Å²) in [7, 11) is 0. The minimum atomic E-state index is -0.384. The first-order valence-electron chi connectivity index (χ1n) is 18.3. The summed E-state index contributed by atoms with van der Waals surface area (Å²) in [5.74, 6) is -0.500. The Labute approximate surface area is 298 Å². The maximum atomic E-state index is 14.4. The van der Waals surface area contributed by atoms with Gasteiger partial charge in [0.15, 0.2) is 0 Å². The van der Waals surface area contributed by atoms with Gasteiger partial charge >= 0.3 is 5.97 Å². The second kappa shape index (κ2) is 18.1. The maximum Gasteiger partial charge on any atom is 0.306 e. The Morgan fingerprint density at radius 1 is 0.960 bits per heavy atom. The van der Waals surface area contributed by atoms with Crippen molar-refractivity contribution in [1.29, 1.82) is 0 Å². The van der Waals surface area contributed by atoms with Crippen LogP contribution in [0.5, 0.6) is 0 Å². The predicted molar refractivity (Wildman–Crippen MR) is 202 cm³/mol. The van der Waals surface area contributed by atoms with Crippen LogP contribution in [-0.4, -0.2) is 34.8 Å². The molecule has 0 radical (unpaired) electrons. The molecule has 268 valence electrons. The van der Waals surface area contributed by atoms with E-state index >= 15 is 0 Å². The van der Waals surface area contributed by atoms with E-state index in [1.165, 1.54) is 12.1 Å². The van der Waals surface area contributed by atoms with Gasteiger partial charge in [0.25, 0.3) is 5.91 Å². The van der Waals surface area contributed by atoms with Crippen LogP contribution in [0.25, 0.3) is 22.4 Å². The number of nitrogens with zero attached hydrogens (tertiary/aromatic N) is 1. The van der Waals surface area contributed by atoms with E-state index < -0.39 is 0 Å². The van der Waals surface area contributed by atoms with Crippen molar-refractivity contribution in [1.82, 2.24) is 4.57 Å². The number of hydrogen-bond donors (Lipinski definition) is 1. The van der Waals surface area contributed by atoms with Crippen LogP contribution in [0.1, 0.15) is 109 Å². The van der Waals surface area contributed by atoms with Crippen LogP contribution >= 0.6 is 0 Å². The van der Waals surface area contributed by atoms with Crippen molar-refractivity contribution in [2.75, 3.05) is 11.9 Å². The fourth-order valence-electron chi connectivity index (χ4n) is 7.14. The van der Waals surface area contributed by atoms with E-state index in [-0.39, 0.29) is 41.2 Å². The van der Waals surface area contributed by atoms with Gasteiger partial charge < -0.3 is 19.4 Å². The largest absolute Gasteiger partial charge is 0.466 e. The molecule has 1 aliphatic heterocycles. The zero-order chi connectivity index (χ0) is 36.3. The summed E-state index contributed by atoms with van der Waals surface area (Å²) in [4.78, 5) is 27.0. The van der Waals surface area contributed by atoms with Gasteiger partial charge in [-0.25, -0.2) is 4.39 Å². The number of nitrogens with one attached hydrogen (secondary N) is 1. The number of carbonyl (C=O) groups excluding carboxylic acids is 2. The quantitative estimate of drug-likeness (QED) is 0.113. The zero-order valence-corrected chi connectivity index (χ0v) is 30.9. The SMILES string of the molecule is CC.CCCCOC(=O)CC1CC(CCn2c(-c3ccc(F)cc3)c(-c3ccccc3)c(C(=O)Nc3ccccc3)c2C(C)C)OC(C)(C)C1. The highest BCUT2D eigenvalue weighted by Crippen LogP contribution is 2.43. The number of aromatic nitrogens is 1. The molecule has 1 fully saturated rings. The molecule has 0 saturated carbocycles. The van der Waals surface area contributed by atoms with Gasteiger partial charge in [-0.05, 0) is 98.9 Å². The van der Waals surface area contributed by atoms with E-state index in [2.05, 4.69) is 44.5 Å². The molecule has 1 saturated heterocycles. The van der Waals surface area contributed by atoms with Gasteiger partial charge in [0, 0.05) is 29.9 Å². The Kier molecular flexibility index (Phi) is 14.0. The molecule has 0 spiro atoms. The van der Waals surface area contributed by atoms with Crippen LogP contribution in [0.3, 0.4) is 0 Å². The number of anilines is 1. The van der Waals surface area contributed by atoms with Crippen LogP contribution in [0, 0.1) is 11.7 Å². The lowest BCUT2D eigenvalue weighted by molar-refractivity contribution is -0.152. The third-order valence-electron chi connectivity index (χ3n) is 9.04. The smallest absolute Gasteiger partial charge is 0.306 e. The lowest BCUT2D eigenvalue weighted by Crippen LogP contribution is -2.41. The maximum absolute atomic E-state index is 14.4. The second-order valence-corrected chi connectivity index (χ2v) is 13.9. The van der Waals surface area contributed by atoms with E-state index in [0.29, 0.717) is 37.2 Å². The summed E-state index contributed by atoms with van der Waals surface area (Å²) in [6.07, 6.45) is 4.37. The number of para-hydroxylation sites is 1. The Morgan fingerprint density at radius 3 is 2.22 bits per heavy atom. The first-order valence-corrected chi connectivity index (χ1v) is 18.3. The molecule has 3 aromatic carbocycles. The molecule has 2 unspecified atom stereocenters. The van der Waals surface area contributed by atoms with Crippen LogP contribution in [-0.2, 0) is 20.8 Å². The molecule has 0 aliphatic carbocycles. The number of unbranched alkanes of at least 4 members (excludes halogenated alkanes) is 1. The normalized spacial score (nSPS) is 16.7. The number of amides is 1. The summed E-state index contributed by atoms with van der Waals surface area (Å²) in [6.45, 7) is 15.5. The van der Waals surface area contributed by atoms with Crippen molar-refractivity contribution in [3.63, 3.8) is 0 Å². The minimum Gasteiger partial charge on any atom is -0.466 e. The minimum absolute atomic E-state index is 0.00691. The lowest BCUT2D eigenvalue weighted by Gasteiger charge is -2.40. The van der Waals surface area contributed by atoms with Crippen molar-refractivity contribution in [3.8, 4) is 22.4 Å². The molecule has 1 aliphatic rings. The van der Waals surface area contributed by atoms with Gasteiger partial charge in [-0.15, -0.1) is 0 Å². The average Bonchev–Trinajstić information content (AvgIpc) is 3.44. The molecular weight excluding hydrogens is 627 g/mol. The third kappa shape index (κ3) is 9.94. The van der Waals surface area contributed by atoms with Gasteiger partial charge in [-0.2, -0.15) is 0 Å². The fourth-order valence-corrected chi connectivity index (χ4v) is 7.14. The van der Waals surface area contributed by atoms with Crippen molar-refractivity contribution < 1.29 is 23.5 Å². The molecule has 2 atom stereocenters. The van der Waals surface area contributed by atoms with E-state index in [0.717, 1.165) is 53.8 Å². The van der Waals surface area contributed by atoms with Gasteiger partial charge in [-0.1, -0.05) is 89.6 Å². The molecule has 50 heavy (non-hydrogen) atoms. The number of carbonyl (C=O) groups is 2. The van der Waals surface area contributed by atoms with E-state index in [1.54, 1.807) is 12.1 Å². The van der Waals surface area contributed by atoms with Crippen molar-refractivity contribution in [2.45, 2.75) is 111 Å². The summed E-state index contributed by atoms with van der Waals surface area (Å²) in [5.41, 5.74) is 5.27. The second-order valence-electron chi connectivity index (χ2n) is 13.9. The zero-order valence-electron chi connectivity index (χ0n) is 30.9. The molecule has 0 bridgehead atoms. The van der Waals surface area contributed by atoms with Crippen molar-refractivity contribution in [2.24, 2.45) is 5.92 Å². The molecule has 4 aromatic rings. The predicted octanol–water partition coefficient (Wildman–Crippen LogP) is 11.1. The average molecular weight is 683 g/mol. The molecule has 7 heteroatoms. The first-order chi connectivity index (χ1) is 24.1. The highest BCUT2D eigenvalue weighted by atomic mass is 19.1. The lowest BCUT2D eigenvalue weighted by atomic mass is 9.83. The molecule has 6 nitrogen and oxygen atoms in total. The Hall–Kier alpha value is -4.23. The molecule has 1 amide bonds. The van der Waals surface area contributed by atoms with Gasteiger partial charge in [0.1, 0.15) is 5.82 Å². The Balaban J connectivity index is 0.00000276. The molecule has 2 heterocycles. The summed E-state index contributed by atoms with van der Waals surface area (Å²) < 4.78 is 28.6. The first kappa shape index (κ1) is 38.6. The van der Waals surface area contributed by atoms with Crippen LogP contribution in [0.2, 0.25) is 0 Å². The number of halogens is 1. The van der Waals surface area contributed by atoms with E-state index in [9.17, 15) is 14.0 Å². The van der Waals surface area contributed by atoms with E-state index in [4.69, 9.17) is 9.47 Å². The molecule has 1 N–H and O–H groups in total. The van der Waals surface area contributed by atoms with Crippen molar-refractivity contribution in [3.05, 3.63) is 102 Å². The van der Waals surface area contributed by atoms with Gasteiger partial charge in [0.05, 0.1) is 29.6 Å².